The number of imidazole rings is 1. The Morgan fingerprint density at radius 3 is 2.83 bits per heavy atom. The predicted molar refractivity (Wildman–Crippen MR) is 96.7 cm³/mol. The topological polar surface area (TPSA) is 89.5 Å². The molecular weight excluding hydrogens is 348 g/mol. The minimum atomic E-state index is -0.446. The number of hydrogen-bond acceptors (Lipinski definition) is 8. The summed E-state index contributed by atoms with van der Waals surface area (Å²) in [5, 5.41) is 20.4. The molecule has 0 radical (unpaired) electrons. The molecule has 0 amide bonds. The van der Waals surface area contributed by atoms with Crippen LogP contribution in [0.25, 0.3) is 10.8 Å². The smallest absolute Gasteiger partial charge is 0.342 e. The van der Waals surface area contributed by atoms with Gasteiger partial charge < -0.3 is 10.1 Å². The van der Waals surface area contributed by atoms with Gasteiger partial charge in [-0.2, -0.15) is 16.9 Å². The molecule has 128 valence electrons. The summed E-state index contributed by atoms with van der Waals surface area (Å²) in [5.41, 5.74) is 1.76. The first-order chi connectivity index (χ1) is 11.6. The molecule has 2 aromatic rings. The van der Waals surface area contributed by atoms with E-state index in [2.05, 4.69) is 21.9 Å². The number of thioether (sulfide) groups is 1. The third-order valence-corrected chi connectivity index (χ3v) is 5.51. The Morgan fingerprint density at radius 2 is 2.21 bits per heavy atom. The second-order valence-electron chi connectivity index (χ2n) is 5.26. The highest BCUT2D eigenvalue weighted by Gasteiger charge is 2.21. The summed E-state index contributed by atoms with van der Waals surface area (Å²) in [6.07, 6.45) is 2.05. The number of hydrogen-bond donors (Lipinski definition) is 0. The first-order valence-corrected chi connectivity index (χ1v) is 9.66. The maximum absolute atomic E-state index is 10.9. The van der Waals surface area contributed by atoms with Crippen LogP contribution in [0.2, 0.25) is 0 Å². The standard InChI is InChI=1S/C14H18N6O2S2/c1-3-10(17-19-4-6-23-7-5-19)11-9-24-14(16-11)13-15-8-12(18(13)2)20(21)22/h8-9H,3-7H2,1-2H3. The average Bonchev–Trinajstić information content (AvgIpc) is 3.20. The van der Waals surface area contributed by atoms with Crippen LogP contribution in [0.1, 0.15) is 19.0 Å². The van der Waals surface area contributed by atoms with Gasteiger partial charge in [0.25, 0.3) is 5.82 Å². The summed E-state index contributed by atoms with van der Waals surface area (Å²) in [6.45, 7) is 3.97. The van der Waals surface area contributed by atoms with Gasteiger partial charge in [0.1, 0.15) is 6.20 Å². The zero-order valence-corrected chi connectivity index (χ0v) is 15.1. The molecule has 0 aromatic carbocycles. The predicted octanol–water partition coefficient (Wildman–Crippen LogP) is 2.61. The summed E-state index contributed by atoms with van der Waals surface area (Å²) in [5.74, 6) is 2.65. The van der Waals surface area contributed by atoms with E-state index in [9.17, 15) is 10.1 Å². The fourth-order valence-electron chi connectivity index (χ4n) is 2.41. The lowest BCUT2D eigenvalue weighted by molar-refractivity contribution is -0.391. The molecule has 0 bridgehead atoms. The Hall–Kier alpha value is -1.94. The van der Waals surface area contributed by atoms with Crippen molar-refractivity contribution in [2.24, 2.45) is 12.1 Å². The largest absolute Gasteiger partial charge is 0.358 e. The van der Waals surface area contributed by atoms with E-state index >= 15 is 0 Å². The molecule has 0 aliphatic carbocycles. The average molecular weight is 366 g/mol. The Kier molecular flexibility index (Phi) is 5.14. The van der Waals surface area contributed by atoms with Crippen molar-refractivity contribution in [1.82, 2.24) is 19.5 Å². The second-order valence-corrected chi connectivity index (χ2v) is 7.34. The van der Waals surface area contributed by atoms with Gasteiger partial charge in [-0.3, -0.25) is 5.01 Å². The molecule has 0 N–H and O–H groups in total. The van der Waals surface area contributed by atoms with Crippen molar-refractivity contribution < 1.29 is 4.92 Å². The number of rotatable bonds is 5. The van der Waals surface area contributed by atoms with Crippen LogP contribution in [-0.2, 0) is 7.05 Å². The van der Waals surface area contributed by atoms with E-state index in [0.717, 1.165) is 42.4 Å². The van der Waals surface area contributed by atoms with Crippen LogP contribution in [0, 0.1) is 10.1 Å². The molecule has 1 aliphatic rings. The molecule has 24 heavy (non-hydrogen) atoms. The third kappa shape index (κ3) is 3.44. The Morgan fingerprint density at radius 1 is 1.46 bits per heavy atom. The van der Waals surface area contributed by atoms with Crippen LogP contribution >= 0.6 is 23.1 Å². The monoisotopic (exact) mass is 366 g/mol. The van der Waals surface area contributed by atoms with E-state index in [-0.39, 0.29) is 5.82 Å². The molecule has 1 saturated heterocycles. The maximum atomic E-state index is 10.9. The van der Waals surface area contributed by atoms with E-state index in [1.165, 1.54) is 22.1 Å². The summed E-state index contributed by atoms with van der Waals surface area (Å²) >= 11 is 3.37. The van der Waals surface area contributed by atoms with E-state index in [1.807, 2.05) is 17.1 Å². The van der Waals surface area contributed by atoms with Crippen molar-refractivity contribution in [3.05, 3.63) is 27.4 Å². The zero-order chi connectivity index (χ0) is 17.1. The molecule has 0 unspecified atom stereocenters. The van der Waals surface area contributed by atoms with Crippen molar-refractivity contribution in [1.29, 1.82) is 0 Å². The first-order valence-electron chi connectivity index (χ1n) is 7.62. The summed E-state index contributed by atoms with van der Waals surface area (Å²) in [6, 6.07) is 0. The lowest BCUT2D eigenvalue weighted by atomic mass is 10.2. The van der Waals surface area contributed by atoms with Gasteiger partial charge in [0.05, 0.1) is 18.5 Å². The Balaban J connectivity index is 1.86. The number of nitrogens with zero attached hydrogens (tertiary/aromatic N) is 6. The first kappa shape index (κ1) is 16.9. The Labute approximate surface area is 147 Å². The molecule has 1 fully saturated rings. The normalized spacial score (nSPS) is 15.8. The second kappa shape index (κ2) is 7.31. The maximum Gasteiger partial charge on any atom is 0.342 e. The van der Waals surface area contributed by atoms with Crippen LogP contribution in [0.5, 0.6) is 0 Å². The van der Waals surface area contributed by atoms with Gasteiger partial charge in [-0.15, -0.1) is 11.3 Å². The van der Waals surface area contributed by atoms with Crippen molar-refractivity contribution in [2.45, 2.75) is 13.3 Å². The van der Waals surface area contributed by atoms with E-state index in [4.69, 9.17) is 5.10 Å². The lowest BCUT2D eigenvalue weighted by Gasteiger charge is -2.24. The van der Waals surface area contributed by atoms with Gasteiger partial charge >= 0.3 is 5.82 Å². The fourth-order valence-corrected chi connectivity index (χ4v) is 4.15. The number of nitro groups is 1. The van der Waals surface area contributed by atoms with Gasteiger partial charge in [0, 0.05) is 30.0 Å². The minimum Gasteiger partial charge on any atom is -0.358 e. The van der Waals surface area contributed by atoms with Crippen LogP contribution in [0.3, 0.4) is 0 Å². The SMILES string of the molecule is CCC(=NN1CCSCC1)c1csc(-c2ncc([N+](=O)[O-])n2C)n1. The van der Waals surface area contributed by atoms with Crippen LogP contribution in [0.15, 0.2) is 16.7 Å². The summed E-state index contributed by atoms with van der Waals surface area (Å²) < 4.78 is 1.45. The zero-order valence-electron chi connectivity index (χ0n) is 13.5. The van der Waals surface area contributed by atoms with Gasteiger partial charge in [-0.25, -0.2) is 14.5 Å². The van der Waals surface area contributed by atoms with Crippen molar-refractivity contribution >= 4 is 34.6 Å². The fraction of sp³-hybridized carbons (Fsp3) is 0.500. The molecule has 0 spiro atoms. The van der Waals surface area contributed by atoms with E-state index in [0.29, 0.717) is 10.8 Å². The van der Waals surface area contributed by atoms with Gasteiger partial charge in [-0.1, -0.05) is 6.92 Å². The van der Waals surface area contributed by atoms with Crippen LogP contribution in [-0.4, -0.2) is 54.8 Å². The number of thiazole rings is 1. The molecular formula is C14H18N6O2S2. The van der Waals surface area contributed by atoms with Crippen molar-refractivity contribution in [3.63, 3.8) is 0 Å². The van der Waals surface area contributed by atoms with E-state index in [1.54, 1.807) is 7.05 Å². The molecule has 2 aromatic heterocycles. The molecule has 1 aliphatic heterocycles. The van der Waals surface area contributed by atoms with Crippen LogP contribution < -0.4 is 0 Å². The third-order valence-electron chi connectivity index (χ3n) is 3.73. The highest BCUT2D eigenvalue weighted by Crippen LogP contribution is 2.26. The van der Waals surface area contributed by atoms with Crippen LogP contribution in [0.4, 0.5) is 5.82 Å². The molecule has 3 heterocycles. The summed E-state index contributed by atoms with van der Waals surface area (Å²) in [4.78, 5) is 19.2. The quantitative estimate of drug-likeness (QED) is 0.459. The molecule has 10 heteroatoms. The highest BCUT2D eigenvalue weighted by atomic mass is 32.2. The van der Waals surface area contributed by atoms with Gasteiger partial charge in [0.15, 0.2) is 5.01 Å². The molecule has 0 atom stereocenters. The number of aromatic nitrogens is 3. The minimum absolute atomic E-state index is 0.0445. The molecule has 3 rings (SSSR count). The van der Waals surface area contributed by atoms with Crippen molar-refractivity contribution in [2.75, 3.05) is 24.6 Å². The summed E-state index contributed by atoms with van der Waals surface area (Å²) in [7, 11) is 1.63. The van der Waals surface area contributed by atoms with E-state index < -0.39 is 4.92 Å². The molecule has 8 nitrogen and oxygen atoms in total. The Bertz CT molecular complexity index is 763. The van der Waals surface area contributed by atoms with Crippen molar-refractivity contribution in [3.8, 4) is 10.8 Å². The number of hydrazone groups is 1. The lowest BCUT2D eigenvalue weighted by Crippen LogP contribution is -2.29. The highest BCUT2D eigenvalue weighted by molar-refractivity contribution is 7.99. The molecule has 0 saturated carbocycles. The van der Waals surface area contributed by atoms with Gasteiger partial charge in [0.2, 0.25) is 0 Å². The van der Waals surface area contributed by atoms with Gasteiger partial charge in [-0.05, 0) is 11.3 Å².